The van der Waals surface area contributed by atoms with Gasteiger partial charge < -0.3 is 20.5 Å². The second-order valence-corrected chi connectivity index (χ2v) is 8.35. The number of nitrogens with zero attached hydrogens (tertiary/aromatic N) is 4. The molecule has 0 spiro atoms. The molecule has 164 valence electrons. The molecule has 0 aliphatic carbocycles. The maximum absolute atomic E-state index is 14.0. The Bertz CT molecular complexity index is 1110. The number of imidazole rings is 1. The summed E-state index contributed by atoms with van der Waals surface area (Å²) >= 11 is 5.98. The molecule has 9 nitrogen and oxygen atoms in total. The van der Waals surface area contributed by atoms with Gasteiger partial charge in [0.25, 0.3) is 5.91 Å². The molecule has 1 unspecified atom stereocenters. The normalized spacial score (nSPS) is 15.5. The Morgan fingerprint density at radius 1 is 1.35 bits per heavy atom. The average Bonchev–Trinajstić information content (AvgIpc) is 3.10. The van der Waals surface area contributed by atoms with Crippen molar-refractivity contribution in [3.05, 3.63) is 41.4 Å². The number of ether oxygens (including phenoxy) is 1. The third-order valence-corrected chi connectivity index (χ3v) is 5.15. The summed E-state index contributed by atoms with van der Waals surface area (Å²) in [6, 6.07) is 3.44. The van der Waals surface area contributed by atoms with E-state index < -0.39 is 17.7 Å². The summed E-state index contributed by atoms with van der Waals surface area (Å²) in [7, 11) is 0. The number of anilines is 1. The lowest BCUT2D eigenvalue weighted by Crippen LogP contribution is -2.43. The number of carbonyl (C=O) groups is 1. The van der Waals surface area contributed by atoms with Gasteiger partial charge >= 0.3 is 0 Å². The third-order valence-electron chi connectivity index (χ3n) is 4.94. The highest BCUT2D eigenvalue weighted by atomic mass is 35.5. The predicted molar refractivity (Wildman–Crippen MR) is 113 cm³/mol. The minimum Gasteiger partial charge on any atom is -0.387 e. The number of halogens is 2. The van der Waals surface area contributed by atoms with Crippen molar-refractivity contribution in [2.45, 2.75) is 31.7 Å². The van der Waals surface area contributed by atoms with Crippen LogP contribution in [0.25, 0.3) is 17.0 Å². The van der Waals surface area contributed by atoms with E-state index in [1.54, 1.807) is 23.0 Å². The molecule has 1 aliphatic rings. The Morgan fingerprint density at radius 2 is 2.13 bits per heavy atom. The summed E-state index contributed by atoms with van der Waals surface area (Å²) in [5, 5.41) is 16.0. The lowest BCUT2D eigenvalue weighted by Gasteiger charge is -2.29. The molecule has 0 radical (unpaired) electrons. The molecule has 1 saturated heterocycles. The zero-order valence-electron chi connectivity index (χ0n) is 17.0. The van der Waals surface area contributed by atoms with Crippen molar-refractivity contribution in [1.29, 1.82) is 0 Å². The lowest BCUT2D eigenvalue weighted by atomic mass is 10.0. The van der Waals surface area contributed by atoms with Crippen LogP contribution in [0.15, 0.2) is 30.9 Å². The maximum Gasteiger partial charge on any atom is 0.255 e. The molecule has 1 atom stereocenters. The zero-order valence-corrected chi connectivity index (χ0v) is 17.7. The van der Waals surface area contributed by atoms with Crippen molar-refractivity contribution in [2.24, 2.45) is 0 Å². The van der Waals surface area contributed by atoms with Crippen molar-refractivity contribution in [3.63, 3.8) is 0 Å². The molecule has 1 amide bonds. The number of alkyl halides is 1. The summed E-state index contributed by atoms with van der Waals surface area (Å²) in [6.07, 6.45) is 2.88. The number of aromatic nitrogens is 4. The zero-order chi connectivity index (χ0) is 22.2. The molecule has 11 heteroatoms. The first-order valence-corrected chi connectivity index (χ1v) is 10.1. The van der Waals surface area contributed by atoms with Gasteiger partial charge in [-0.3, -0.25) is 9.36 Å². The molecule has 4 heterocycles. The highest BCUT2D eigenvalue weighted by Crippen LogP contribution is 2.24. The van der Waals surface area contributed by atoms with Crippen LogP contribution in [-0.2, 0) is 4.74 Å². The number of amides is 1. The van der Waals surface area contributed by atoms with Crippen LogP contribution >= 0.6 is 11.6 Å². The van der Waals surface area contributed by atoms with Gasteiger partial charge in [0.15, 0.2) is 5.65 Å². The van der Waals surface area contributed by atoms with Gasteiger partial charge in [-0.2, -0.15) is 0 Å². The molecule has 1 aliphatic heterocycles. The van der Waals surface area contributed by atoms with Crippen molar-refractivity contribution < 1.29 is 19.0 Å². The number of aliphatic hydroxyl groups is 1. The number of rotatable bonds is 7. The number of carbonyl (C=O) groups excluding carboxylic acids is 1. The number of hydrogen-bond acceptors (Lipinski definition) is 7. The number of fused-ring (bicyclic) bond motifs is 1. The van der Waals surface area contributed by atoms with Crippen LogP contribution in [0, 0.1) is 0 Å². The van der Waals surface area contributed by atoms with Gasteiger partial charge in [-0.25, -0.2) is 19.3 Å². The predicted octanol–water partition coefficient (Wildman–Crippen LogP) is 2.12. The third kappa shape index (κ3) is 4.60. The number of pyridine rings is 2. The lowest BCUT2D eigenvalue weighted by molar-refractivity contribution is -0.00178. The highest BCUT2D eigenvalue weighted by Gasteiger charge is 2.28. The molecular weight excluding hydrogens is 427 g/mol. The molecule has 1 fully saturated rings. The molecule has 0 aromatic carbocycles. The first kappa shape index (κ1) is 21.4. The summed E-state index contributed by atoms with van der Waals surface area (Å²) in [6.45, 7) is 3.39. The molecular formula is C20H22ClFN6O3. The Labute approximate surface area is 182 Å². The van der Waals surface area contributed by atoms with Crippen LogP contribution < -0.4 is 10.6 Å². The second-order valence-electron chi connectivity index (χ2n) is 7.91. The van der Waals surface area contributed by atoms with Crippen LogP contribution in [-0.4, -0.2) is 68.1 Å². The fraction of sp³-hybridized carbons (Fsp3) is 0.400. The van der Waals surface area contributed by atoms with E-state index in [0.29, 0.717) is 40.9 Å². The fourth-order valence-electron chi connectivity index (χ4n) is 2.99. The molecule has 3 aromatic rings. The van der Waals surface area contributed by atoms with Crippen molar-refractivity contribution in [3.8, 4) is 5.82 Å². The van der Waals surface area contributed by atoms with E-state index >= 15 is 0 Å². The van der Waals surface area contributed by atoms with E-state index in [2.05, 4.69) is 25.6 Å². The Balaban J connectivity index is 1.63. The molecule has 4 rings (SSSR count). The van der Waals surface area contributed by atoms with E-state index in [0.717, 1.165) is 0 Å². The molecule has 0 bridgehead atoms. The van der Waals surface area contributed by atoms with Gasteiger partial charge in [0.1, 0.15) is 23.8 Å². The monoisotopic (exact) mass is 448 g/mol. The van der Waals surface area contributed by atoms with Gasteiger partial charge in [0, 0.05) is 18.5 Å². The fourth-order valence-corrected chi connectivity index (χ4v) is 3.14. The van der Waals surface area contributed by atoms with Gasteiger partial charge in [-0.1, -0.05) is 11.6 Å². The second kappa shape index (κ2) is 8.37. The quantitative estimate of drug-likeness (QED) is 0.507. The Kier molecular flexibility index (Phi) is 5.78. The molecule has 31 heavy (non-hydrogen) atoms. The van der Waals surface area contributed by atoms with E-state index in [-0.39, 0.29) is 18.2 Å². The SMILES string of the molecule is CC(C)(O)C(F)CNC(=O)c1cnc(-n2cnc3cc(Cl)cnc32)cc1NC1COC1. The van der Waals surface area contributed by atoms with Gasteiger partial charge in [0.05, 0.1) is 47.7 Å². The Morgan fingerprint density at radius 3 is 2.81 bits per heavy atom. The molecule has 3 N–H and O–H groups in total. The summed E-state index contributed by atoms with van der Waals surface area (Å²) in [4.78, 5) is 25.7. The van der Waals surface area contributed by atoms with Crippen LogP contribution in [0.4, 0.5) is 10.1 Å². The summed E-state index contributed by atoms with van der Waals surface area (Å²) < 4.78 is 20.9. The van der Waals surface area contributed by atoms with Gasteiger partial charge in [-0.15, -0.1) is 0 Å². The van der Waals surface area contributed by atoms with Crippen LogP contribution in [0.3, 0.4) is 0 Å². The topological polar surface area (TPSA) is 114 Å². The maximum atomic E-state index is 14.0. The minimum absolute atomic E-state index is 0.0450. The van der Waals surface area contributed by atoms with Crippen LogP contribution in [0.1, 0.15) is 24.2 Å². The minimum atomic E-state index is -1.62. The summed E-state index contributed by atoms with van der Waals surface area (Å²) in [5.41, 5.74) is 0.387. The smallest absolute Gasteiger partial charge is 0.255 e. The largest absolute Gasteiger partial charge is 0.387 e. The average molecular weight is 449 g/mol. The molecule has 0 saturated carbocycles. The first-order valence-electron chi connectivity index (χ1n) is 9.70. The van der Waals surface area contributed by atoms with Crippen molar-refractivity contribution >= 4 is 34.4 Å². The number of nitrogens with one attached hydrogen (secondary N) is 2. The van der Waals surface area contributed by atoms with Crippen molar-refractivity contribution in [1.82, 2.24) is 24.8 Å². The standard InChI is InChI=1S/C20H22ClFN6O3/c1-20(2,30)16(22)7-25-19(29)13-6-23-17(4-14(13)27-12-8-31-9-12)28-10-26-15-3-11(21)5-24-18(15)28/h3-6,10,12,16,30H,7-9H2,1-2H3,(H,23,27)(H,25,29). The first-order chi connectivity index (χ1) is 14.7. The highest BCUT2D eigenvalue weighted by molar-refractivity contribution is 6.31. The van der Waals surface area contributed by atoms with E-state index in [4.69, 9.17) is 16.3 Å². The van der Waals surface area contributed by atoms with Crippen molar-refractivity contribution in [2.75, 3.05) is 25.1 Å². The summed E-state index contributed by atoms with van der Waals surface area (Å²) in [5.74, 6) is -0.00874. The Hall–Kier alpha value is -2.82. The van der Waals surface area contributed by atoms with E-state index in [9.17, 15) is 14.3 Å². The van der Waals surface area contributed by atoms with Gasteiger partial charge in [-0.05, 0) is 19.9 Å². The van der Waals surface area contributed by atoms with Crippen LogP contribution in [0.5, 0.6) is 0 Å². The van der Waals surface area contributed by atoms with Gasteiger partial charge in [0.2, 0.25) is 0 Å². The van der Waals surface area contributed by atoms with E-state index in [1.807, 2.05) is 0 Å². The van der Waals surface area contributed by atoms with E-state index in [1.165, 1.54) is 26.2 Å². The number of hydrogen-bond donors (Lipinski definition) is 3. The molecule has 3 aromatic heterocycles. The van der Waals surface area contributed by atoms with Crippen LogP contribution in [0.2, 0.25) is 5.02 Å².